The van der Waals surface area contributed by atoms with E-state index < -0.39 is 0 Å². The van der Waals surface area contributed by atoms with Gasteiger partial charge in [0.25, 0.3) is 0 Å². The number of rotatable bonds is 2. The predicted molar refractivity (Wildman–Crippen MR) is 78.1 cm³/mol. The number of fused-ring (bicyclic) bond motifs is 1. The molecule has 0 spiro atoms. The Hall–Kier alpha value is -1.68. The molecule has 0 radical (unpaired) electrons. The molecule has 4 nitrogen and oxygen atoms in total. The summed E-state index contributed by atoms with van der Waals surface area (Å²) in [6.45, 7) is 5.10. The van der Waals surface area contributed by atoms with Gasteiger partial charge in [-0.05, 0) is 36.9 Å². The molecule has 0 amide bonds. The van der Waals surface area contributed by atoms with Crippen molar-refractivity contribution in [3.05, 3.63) is 30.6 Å². The molecule has 1 aliphatic heterocycles. The Kier molecular flexibility index (Phi) is 3.34. The molecule has 2 aromatic rings. The van der Waals surface area contributed by atoms with Crippen molar-refractivity contribution < 1.29 is 0 Å². The molecule has 1 aromatic carbocycles. The van der Waals surface area contributed by atoms with Gasteiger partial charge in [-0.25, -0.2) is 9.97 Å². The number of nitrogens with two attached hydrogens (primary N) is 1. The van der Waals surface area contributed by atoms with Gasteiger partial charge in [-0.15, -0.1) is 0 Å². The number of nitrogens with zero attached hydrogens (tertiary/aromatic N) is 3. The lowest BCUT2D eigenvalue weighted by Gasteiger charge is -2.37. The van der Waals surface area contributed by atoms with Gasteiger partial charge in [0.15, 0.2) is 0 Å². The van der Waals surface area contributed by atoms with E-state index in [2.05, 4.69) is 27.9 Å². The molecular weight excluding hydrogens is 236 g/mol. The van der Waals surface area contributed by atoms with E-state index >= 15 is 0 Å². The Balaban J connectivity index is 1.96. The molecule has 2 unspecified atom stereocenters. The van der Waals surface area contributed by atoms with Crippen molar-refractivity contribution in [2.45, 2.75) is 13.3 Å². The highest BCUT2D eigenvalue weighted by Gasteiger charge is 2.26. The number of benzene rings is 1. The summed E-state index contributed by atoms with van der Waals surface area (Å²) in [5.74, 6) is 2.31. The van der Waals surface area contributed by atoms with Crippen LogP contribution in [-0.4, -0.2) is 29.6 Å². The Morgan fingerprint density at radius 1 is 1.32 bits per heavy atom. The topological polar surface area (TPSA) is 55.0 Å². The van der Waals surface area contributed by atoms with Gasteiger partial charge >= 0.3 is 0 Å². The largest absolute Gasteiger partial charge is 0.356 e. The van der Waals surface area contributed by atoms with Gasteiger partial charge in [0.05, 0.1) is 5.52 Å². The standard InChI is InChI=1S/C15H20N4/c1-11-6-7-19(9-12(11)8-16)15-13-4-2-3-5-14(13)17-10-18-15/h2-5,10-12H,6-9,16H2,1H3. The summed E-state index contributed by atoms with van der Waals surface area (Å²) in [5.41, 5.74) is 6.90. The molecule has 2 N–H and O–H groups in total. The van der Waals surface area contributed by atoms with E-state index in [-0.39, 0.29) is 0 Å². The molecule has 1 aliphatic rings. The van der Waals surface area contributed by atoms with E-state index in [0.29, 0.717) is 11.8 Å². The van der Waals surface area contributed by atoms with Gasteiger partial charge in [0.1, 0.15) is 12.1 Å². The van der Waals surface area contributed by atoms with Crippen LogP contribution in [0, 0.1) is 11.8 Å². The summed E-state index contributed by atoms with van der Waals surface area (Å²) >= 11 is 0. The fourth-order valence-electron chi connectivity index (χ4n) is 2.89. The van der Waals surface area contributed by atoms with Crippen LogP contribution in [0.2, 0.25) is 0 Å². The SMILES string of the molecule is CC1CCN(c2ncnc3ccccc23)CC1CN. The van der Waals surface area contributed by atoms with Crippen LogP contribution in [0.1, 0.15) is 13.3 Å². The highest BCUT2D eigenvalue weighted by atomic mass is 15.2. The Morgan fingerprint density at radius 3 is 3.00 bits per heavy atom. The average molecular weight is 256 g/mol. The van der Waals surface area contributed by atoms with E-state index in [1.165, 1.54) is 6.42 Å². The van der Waals surface area contributed by atoms with Crippen LogP contribution >= 0.6 is 0 Å². The summed E-state index contributed by atoms with van der Waals surface area (Å²) in [6, 6.07) is 8.19. The fraction of sp³-hybridized carbons (Fsp3) is 0.467. The number of piperidine rings is 1. The first-order chi connectivity index (χ1) is 9.29. The molecule has 2 atom stereocenters. The minimum absolute atomic E-state index is 0.558. The molecule has 1 saturated heterocycles. The van der Waals surface area contributed by atoms with Crippen LogP contribution in [0.5, 0.6) is 0 Å². The highest BCUT2D eigenvalue weighted by Crippen LogP contribution is 2.29. The predicted octanol–water partition coefficient (Wildman–Crippen LogP) is 2.05. The molecule has 0 saturated carbocycles. The zero-order chi connectivity index (χ0) is 13.2. The molecule has 2 heterocycles. The maximum absolute atomic E-state index is 5.89. The van der Waals surface area contributed by atoms with Crippen molar-refractivity contribution in [3.8, 4) is 0 Å². The monoisotopic (exact) mass is 256 g/mol. The Labute approximate surface area is 113 Å². The van der Waals surface area contributed by atoms with E-state index in [4.69, 9.17) is 5.73 Å². The van der Waals surface area contributed by atoms with Gasteiger partial charge in [0.2, 0.25) is 0 Å². The first-order valence-electron chi connectivity index (χ1n) is 6.94. The second-order valence-electron chi connectivity index (χ2n) is 5.42. The average Bonchev–Trinajstić information content (AvgIpc) is 2.47. The molecule has 0 bridgehead atoms. The van der Waals surface area contributed by atoms with E-state index in [9.17, 15) is 0 Å². The first-order valence-corrected chi connectivity index (χ1v) is 6.94. The molecule has 0 aliphatic carbocycles. The number of hydrogen-bond donors (Lipinski definition) is 1. The summed E-state index contributed by atoms with van der Waals surface area (Å²) in [6.07, 6.45) is 2.84. The maximum atomic E-state index is 5.89. The second-order valence-corrected chi connectivity index (χ2v) is 5.42. The number of para-hydroxylation sites is 1. The second kappa shape index (κ2) is 5.13. The van der Waals surface area contributed by atoms with Crippen LogP contribution in [0.15, 0.2) is 30.6 Å². The van der Waals surface area contributed by atoms with Crippen molar-refractivity contribution in [2.75, 3.05) is 24.5 Å². The highest BCUT2D eigenvalue weighted by molar-refractivity contribution is 5.89. The van der Waals surface area contributed by atoms with E-state index in [1.807, 2.05) is 18.2 Å². The summed E-state index contributed by atoms with van der Waals surface area (Å²) < 4.78 is 0. The lowest BCUT2D eigenvalue weighted by molar-refractivity contribution is 0.307. The first kappa shape index (κ1) is 12.4. The van der Waals surface area contributed by atoms with Crippen LogP contribution < -0.4 is 10.6 Å². The molecule has 3 rings (SSSR count). The van der Waals surface area contributed by atoms with Crippen molar-refractivity contribution in [1.29, 1.82) is 0 Å². The van der Waals surface area contributed by atoms with Crippen LogP contribution in [0.4, 0.5) is 5.82 Å². The summed E-state index contributed by atoms with van der Waals surface area (Å²) in [7, 11) is 0. The third kappa shape index (κ3) is 2.28. The van der Waals surface area contributed by atoms with E-state index in [1.54, 1.807) is 6.33 Å². The molecule has 19 heavy (non-hydrogen) atoms. The lowest BCUT2D eigenvalue weighted by Crippen LogP contribution is -2.43. The van der Waals surface area contributed by atoms with Crippen LogP contribution in [0.3, 0.4) is 0 Å². The van der Waals surface area contributed by atoms with Crippen molar-refractivity contribution >= 4 is 16.7 Å². The maximum Gasteiger partial charge on any atom is 0.139 e. The van der Waals surface area contributed by atoms with Gasteiger partial charge < -0.3 is 10.6 Å². The lowest BCUT2D eigenvalue weighted by atomic mass is 9.87. The zero-order valence-electron chi connectivity index (χ0n) is 11.3. The van der Waals surface area contributed by atoms with Gasteiger partial charge in [0, 0.05) is 18.5 Å². The minimum Gasteiger partial charge on any atom is -0.356 e. The molecule has 100 valence electrons. The summed E-state index contributed by atoms with van der Waals surface area (Å²) in [4.78, 5) is 11.2. The quantitative estimate of drug-likeness (QED) is 0.893. The number of hydrogen-bond acceptors (Lipinski definition) is 4. The molecule has 1 aromatic heterocycles. The molecule has 4 heteroatoms. The third-order valence-corrected chi connectivity index (χ3v) is 4.24. The summed E-state index contributed by atoms with van der Waals surface area (Å²) in [5, 5.41) is 1.13. The van der Waals surface area contributed by atoms with Gasteiger partial charge in [-0.2, -0.15) is 0 Å². The molecular formula is C15H20N4. The number of anilines is 1. The fourth-order valence-corrected chi connectivity index (χ4v) is 2.89. The smallest absolute Gasteiger partial charge is 0.139 e. The van der Waals surface area contributed by atoms with E-state index in [0.717, 1.165) is 36.4 Å². The van der Waals surface area contributed by atoms with Crippen molar-refractivity contribution in [2.24, 2.45) is 17.6 Å². The van der Waals surface area contributed by atoms with Crippen LogP contribution in [-0.2, 0) is 0 Å². The third-order valence-electron chi connectivity index (χ3n) is 4.24. The van der Waals surface area contributed by atoms with Gasteiger partial charge in [-0.3, -0.25) is 0 Å². The van der Waals surface area contributed by atoms with Crippen molar-refractivity contribution in [3.63, 3.8) is 0 Å². The van der Waals surface area contributed by atoms with Crippen molar-refractivity contribution in [1.82, 2.24) is 9.97 Å². The zero-order valence-corrected chi connectivity index (χ0v) is 11.3. The number of aromatic nitrogens is 2. The Bertz CT molecular complexity index is 564. The molecule has 1 fully saturated rings. The Morgan fingerprint density at radius 2 is 2.16 bits per heavy atom. The van der Waals surface area contributed by atoms with Gasteiger partial charge in [-0.1, -0.05) is 19.1 Å². The normalized spacial score (nSPS) is 23.8. The minimum atomic E-state index is 0.558. The van der Waals surface area contributed by atoms with Crippen LogP contribution in [0.25, 0.3) is 10.9 Å².